The van der Waals surface area contributed by atoms with E-state index in [0.717, 1.165) is 5.56 Å². The van der Waals surface area contributed by atoms with Gasteiger partial charge in [-0.05, 0) is 46.7 Å². The number of aryl methyl sites for hydroxylation is 1. The zero-order valence-electron chi connectivity index (χ0n) is 19.0. The van der Waals surface area contributed by atoms with Crippen molar-refractivity contribution in [3.63, 3.8) is 0 Å². The number of rotatable bonds is 4. The molecule has 1 heterocycles. The van der Waals surface area contributed by atoms with Crippen molar-refractivity contribution < 1.29 is 19.1 Å². The minimum Gasteiger partial charge on any atom is -0.452 e. The predicted octanol–water partition coefficient (Wildman–Crippen LogP) is 6.79. The number of Topliss-reactive ketones (excluding diaryl/α,β-unsaturated/α-hetero) is 1. The van der Waals surface area contributed by atoms with Crippen molar-refractivity contribution in [2.24, 2.45) is 0 Å². The summed E-state index contributed by atoms with van der Waals surface area (Å²) in [5.74, 6) is 0.0909. The summed E-state index contributed by atoms with van der Waals surface area (Å²) in [5, 5.41) is -0.936. The van der Waals surface area contributed by atoms with Gasteiger partial charge in [0.25, 0.3) is 0 Å². The molecule has 3 aromatic rings. The van der Waals surface area contributed by atoms with Crippen LogP contribution in [0.2, 0.25) is 0 Å². The summed E-state index contributed by atoms with van der Waals surface area (Å²) in [6.45, 7) is 8.24. The van der Waals surface area contributed by atoms with Gasteiger partial charge >= 0.3 is 5.97 Å². The average Bonchev–Trinajstić information content (AvgIpc) is 3.09. The number of carbonyl (C=O) groups is 2. The highest BCUT2D eigenvalue weighted by atomic mass is 35.5. The topological polar surface area (TPSA) is 52.6 Å². The summed E-state index contributed by atoms with van der Waals surface area (Å²) in [4.78, 5) is 25.5. The molecule has 0 saturated heterocycles. The SMILES string of the molecule is Cc1cc(OC(=O)C(Cl)c2ccccc2)cc2c1C(=O)/C(=C/c1ccc(C(C)(C)C)cc1)O2. The van der Waals surface area contributed by atoms with Crippen LogP contribution in [0.5, 0.6) is 11.5 Å². The van der Waals surface area contributed by atoms with Crippen molar-refractivity contribution in [3.8, 4) is 11.5 Å². The van der Waals surface area contributed by atoms with Crippen molar-refractivity contribution >= 4 is 29.4 Å². The lowest BCUT2D eigenvalue weighted by Crippen LogP contribution is -2.14. The number of hydrogen-bond donors (Lipinski definition) is 0. The Morgan fingerprint density at radius 2 is 1.70 bits per heavy atom. The first kappa shape index (κ1) is 22.8. The molecule has 0 amide bonds. The summed E-state index contributed by atoms with van der Waals surface area (Å²) < 4.78 is 11.3. The van der Waals surface area contributed by atoms with Crippen molar-refractivity contribution in [1.82, 2.24) is 0 Å². The van der Waals surface area contributed by atoms with E-state index in [9.17, 15) is 9.59 Å². The number of ether oxygens (including phenoxy) is 2. The number of alkyl halides is 1. The van der Waals surface area contributed by atoms with E-state index in [4.69, 9.17) is 21.1 Å². The number of fused-ring (bicyclic) bond motifs is 1. The van der Waals surface area contributed by atoms with E-state index >= 15 is 0 Å². The monoisotopic (exact) mass is 460 g/mol. The van der Waals surface area contributed by atoms with Crippen molar-refractivity contribution in [3.05, 3.63) is 100 Å². The molecule has 5 heteroatoms. The van der Waals surface area contributed by atoms with Crippen LogP contribution in [0, 0.1) is 6.92 Å². The number of esters is 1. The molecule has 0 fully saturated rings. The smallest absolute Gasteiger partial charge is 0.334 e. The van der Waals surface area contributed by atoms with Crippen LogP contribution in [0.3, 0.4) is 0 Å². The van der Waals surface area contributed by atoms with E-state index in [-0.39, 0.29) is 22.7 Å². The molecule has 1 unspecified atom stereocenters. The Morgan fingerprint density at radius 3 is 2.33 bits per heavy atom. The summed E-state index contributed by atoms with van der Waals surface area (Å²) in [6.07, 6.45) is 1.73. The van der Waals surface area contributed by atoms with E-state index in [1.807, 2.05) is 30.3 Å². The second-order valence-corrected chi connectivity index (χ2v) is 9.56. The molecule has 0 radical (unpaired) electrons. The number of ketones is 1. The zero-order chi connectivity index (χ0) is 23.8. The zero-order valence-corrected chi connectivity index (χ0v) is 19.8. The van der Waals surface area contributed by atoms with Crippen LogP contribution in [-0.4, -0.2) is 11.8 Å². The Morgan fingerprint density at radius 1 is 1.03 bits per heavy atom. The highest BCUT2D eigenvalue weighted by molar-refractivity contribution is 6.30. The van der Waals surface area contributed by atoms with Crippen LogP contribution in [0.25, 0.3) is 6.08 Å². The van der Waals surface area contributed by atoms with Crippen LogP contribution in [-0.2, 0) is 10.2 Å². The Labute approximate surface area is 198 Å². The van der Waals surface area contributed by atoms with Crippen LogP contribution >= 0.6 is 11.6 Å². The molecule has 0 saturated carbocycles. The molecule has 0 aliphatic carbocycles. The summed E-state index contributed by atoms with van der Waals surface area (Å²) in [7, 11) is 0. The van der Waals surface area contributed by atoms with Gasteiger partial charge in [-0.1, -0.05) is 75.4 Å². The number of hydrogen-bond acceptors (Lipinski definition) is 4. The third-order valence-electron chi connectivity index (χ3n) is 5.54. The summed E-state index contributed by atoms with van der Waals surface area (Å²) in [6, 6.07) is 20.2. The van der Waals surface area contributed by atoms with Gasteiger partial charge in [-0.2, -0.15) is 0 Å². The van der Waals surface area contributed by atoms with E-state index in [1.165, 1.54) is 5.56 Å². The fourth-order valence-electron chi connectivity index (χ4n) is 3.69. The van der Waals surface area contributed by atoms with Crippen LogP contribution < -0.4 is 9.47 Å². The molecule has 4 rings (SSSR count). The van der Waals surface area contributed by atoms with Gasteiger partial charge in [0, 0.05) is 6.07 Å². The van der Waals surface area contributed by atoms with E-state index in [2.05, 4.69) is 32.9 Å². The first-order valence-electron chi connectivity index (χ1n) is 10.7. The van der Waals surface area contributed by atoms with Gasteiger partial charge in [0.1, 0.15) is 11.5 Å². The quantitative estimate of drug-likeness (QED) is 0.186. The third kappa shape index (κ3) is 4.86. The second-order valence-electron chi connectivity index (χ2n) is 9.12. The Balaban J connectivity index is 1.54. The third-order valence-corrected chi connectivity index (χ3v) is 5.97. The Hall–Kier alpha value is -3.37. The van der Waals surface area contributed by atoms with Gasteiger partial charge in [0.05, 0.1) is 5.56 Å². The molecule has 0 N–H and O–H groups in total. The average molecular weight is 461 g/mol. The Kier molecular flexibility index (Phi) is 6.13. The minimum absolute atomic E-state index is 0.0507. The van der Waals surface area contributed by atoms with Gasteiger partial charge in [-0.25, -0.2) is 4.79 Å². The molecule has 0 aromatic heterocycles. The first-order valence-corrected chi connectivity index (χ1v) is 11.2. The normalized spacial score (nSPS) is 15.2. The van der Waals surface area contributed by atoms with E-state index in [0.29, 0.717) is 22.4 Å². The molecular formula is C28H25ClO4. The molecule has 33 heavy (non-hydrogen) atoms. The maximum Gasteiger partial charge on any atom is 0.334 e. The van der Waals surface area contributed by atoms with Crippen LogP contribution in [0.4, 0.5) is 0 Å². The maximum atomic E-state index is 13.0. The Bertz CT molecular complexity index is 1240. The lowest BCUT2D eigenvalue weighted by molar-refractivity contribution is -0.134. The molecule has 4 nitrogen and oxygen atoms in total. The highest BCUT2D eigenvalue weighted by Crippen LogP contribution is 2.38. The molecule has 1 atom stereocenters. The molecule has 1 aliphatic heterocycles. The molecule has 168 valence electrons. The molecule has 0 spiro atoms. The minimum atomic E-state index is -0.936. The fourth-order valence-corrected chi connectivity index (χ4v) is 3.88. The largest absolute Gasteiger partial charge is 0.452 e. The number of allylic oxidation sites excluding steroid dienone is 1. The first-order chi connectivity index (χ1) is 15.6. The molecular weight excluding hydrogens is 436 g/mol. The molecule has 3 aromatic carbocycles. The fraction of sp³-hybridized carbons (Fsp3) is 0.214. The second kappa shape index (κ2) is 8.87. The van der Waals surface area contributed by atoms with Crippen LogP contribution in [0.15, 0.2) is 72.5 Å². The van der Waals surface area contributed by atoms with Gasteiger partial charge in [0.2, 0.25) is 5.78 Å². The summed E-state index contributed by atoms with van der Waals surface area (Å²) >= 11 is 6.27. The van der Waals surface area contributed by atoms with Crippen LogP contribution in [0.1, 0.15) is 58.8 Å². The molecule has 0 bridgehead atoms. The lowest BCUT2D eigenvalue weighted by Gasteiger charge is -2.18. The van der Waals surface area contributed by atoms with Gasteiger partial charge in [-0.15, -0.1) is 11.6 Å². The lowest BCUT2D eigenvalue weighted by atomic mass is 9.86. The maximum absolute atomic E-state index is 13.0. The summed E-state index contributed by atoms with van der Waals surface area (Å²) in [5.41, 5.74) is 3.92. The predicted molar refractivity (Wildman–Crippen MR) is 130 cm³/mol. The standard InChI is InChI=1S/C28H25ClO4/c1-17-14-21(32-27(31)25(29)19-8-6-5-7-9-19)16-22-24(17)26(30)23(33-22)15-18-10-12-20(13-11-18)28(2,3)4/h5-16,25H,1-4H3/b23-15-. The van der Waals surface area contributed by atoms with Gasteiger partial charge in [0.15, 0.2) is 11.1 Å². The van der Waals surface area contributed by atoms with E-state index in [1.54, 1.807) is 37.3 Å². The molecule has 1 aliphatic rings. The number of carbonyl (C=O) groups excluding carboxylic acids is 2. The van der Waals surface area contributed by atoms with Crippen molar-refractivity contribution in [2.45, 2.75) is 38.5 Å². The highest BCUT2D eigenvalue weighted by Gasteiger charge is 2.31. The van der Waals surface area contributed by atoms with Crippen molar-refractivity contribution in [2.75, 3.05) is 0 Å². The van der Waals surface area contributed by atoms with E-state index < -0.39 is 11.3 Å². The number of halogens is 1. The van der Waals surface area contributed by atoms with Crippen molar-refractivity contribution in [1.29, 1.82) is 0 Å². The van der Waals surface area contributed by atoms with Gasteiger partial charge < -0.3 is 9.47 Å². The van der Waals surface area contributed by atoms with Gasteiger partial charge in [-0.3, -0.25) is 4.79 Å². The number of benzene rings is 3.